The second-order valence-corrected chi connectivity index (χ2v) is 3.93. The van der Waals surface area contributed by atoms with Crippen LogP contribution in [0.3, 0.4) is 0 Å². The van der Waals surface area contributed by atoms with Crippen LogP contribution in [0.25, 0.3) is 10.9 Å². The average molecular weight is 189 g/mol. The van der Waals surface area contributed by atoms with Crippen molar-refractivity contribution >= 4 is 10.9 Å². The number of phenolic OH excluding ortho intramolecular Hbond substituents is 1. The lowest BCUT2D eigenvalue weighted by Crippen LogP contribution is -2.04. The van der Waals surface area contributed by atoms with Gasteiger partial charge in [0.15, 0.2) is 0 Å². The van der Waals surface area contributed by atoms with Crippen molar-refractivity contribution in [3.63, 3.8) is 0 Å². The molecule has 1 heterocycles. The van der Waals surface area contributed by atoms with Gasteiger partial charge < -0.3 is 15.2 Å². The number of phenols is 1. The Balaban J connectivity index is 2.30. The number of benzene rings is 1. The smallest absolute Gasteiger partial charge is 0.131 e. The largest absolute Gasteiger partial charge is 0.507 e. The van der Waals surface area contributed by atoms with Gasteiger partial charge in [-0.3, -0.25) is 0 Å². The monoisotopic (exact) mass is 189 g/mol. The van der Waals surface area contributed by atoms with E-state index in [0.717, 1.165) is 23.7 Å². The summed E-state index contributed by atoms with van der Waals surface area (Å²) in [5.41, 5.74) is 0.787. The average Bonchev–Trinajstić information content (AvgIpc) is 2.75. The van der Waals surface area contributed by atoms with Crippen LogP contribution < -0.4 is 0 Å². The molecule has 3 rings (SSSR count). The van der Waals surface area contributed by atoms with Crippen LogP contribution in [0.15, 0.2) is 24.4 Å². The Hall–Kier alpha value is -1.48. The molecular weight excluding hydrogens is 178 g/mol. The minimum absolute atomic E-state index is 0.212. The molecule has 0 unspecified atom stereocenters. The quantitative estimate of drug-likeness (QED) is 0.641. The second-order valence-electron chi connectivity index (χ2n) is 3.93. The van der Waals surface area contributed by atoms with Gasteiger partial charge in [0.2, 0.25) is 0 Å². The van der Waals surface area contributed by atoms with E-state index in [-0.39, 0.29) is 5.75 Å². The normalized spacial score (nSPS) is 18.6. The molecule has 2 aromatic rings. The summed E-state index contributed by atoms with van der Waals surface area (Å²) in [5.74, 6) is 0.212. The van der Waals surface area contributed by atoms with Crippen LogP contribution in [0.1, 0.15) is 18.4 Å². The summed E-state index contributed by atoms with van der Waals surface area (Å²) in [5, 5.41) is 20.6. The van der Waals surface area contributed by atoms with Gasteiger partial charge in [-0.2, -0.15) is 0 Å². The first-order valence-electron chi connectivity index (χ1n) is 4.73. The minimum Gasteiger partial charge on any atom is -0.507 e. The van der Waals surface area contributed by atoms with Gasteiger partial charge in [-0.1, -0.05) is 6.07 Å². The first-order valence-corrected chi connectivity index (χ1v) is 4.73. The fraction of sp³-hybridized carbons (Fsp3) is 0.273. The Bertz CT molecular complexity index is 497. The van der Waals surface area contributed by atoms with Gasteiger partial charge in [-0.15, -0.1) is 0 Å². The summed E-state index contributed by atoms with van der Waals surface area (Å²) < 4.78 is 0. The van der Waals surface area contributed by atoms with Crippen molar-refractivity contribution in [3.05, 3.63) is 30.0 Å². The maximum absolute atomic E-state index is 9.93. The summed E-state index contributed by atoms with van der Waals surface area (Å²) in [6, 6.07) is 5.50. The van der Waals surface area contributed by atoms with E-state index < -0.39 is 5.60 Å². The number of nitrogens with one attached hydrogen (secondary N) is 1. The van der Waals surface area contributed by atoms with E-state index in [4.69, 9.17) is 0 Å². The van der Waals surface area contributed by atoms with Gasteiger partial charge in [0.25, 0.3) is 0 Å². The van der Waals surface area contributed by atoms with Crippen molar-refractivity contribution in [2.75, 3.05) is 0 Å². The highest BCUT2D eigenvalue weighted by Gasteiger charge is 2.44. The number of rotatable bonds is 1. The number of aromatic amines is 1. The molecule has 3 nitrogen and oxygen atoms in total. The molecular formula is C11H11NO2. The van der Waals surface area contributed by atoms with Crippen LogP contribution in [0.4, 0.5) is 0 Å². The maximum Gasteiger partial charge on any atom is 0.131 e. The van der Waals surface area contributed by atoms with Crippen molar-refractivity contribution in [2.45, 2.75) is 18.4 Å². The van der Waals surface area contributed by atoms with Gasteiger partial charge in [-0.25, -0.2) is 0 Å². The van der Waals surface area contributed by atoms with Crippen molar-refractivity contribution in [3.8, 4) is 5.75 Å². The minimum atomic E-state index is -0.768. The fourth-order valence-electron chi connectivity index (χ4n) is 1.88. The van der Waals surface area contributed by atoms with E-state index in [2.05, 4.69) is 4.98 Å². The highest BCUT2D eigenvalue weighted by molar-refractivity contribution is 5.87. The molecule has 0 radical (unpaired) electrons. The molecule has 0 saturated heterocycles. The number of hydrogen-bond donors (Lipinski definition) is 3. The summed E-state index contributed by atoms with van der Waals surface area (Å²) in [7, 11) is 0. The summed E-state index contributed by atoms with van der Waals surface area (Å²) in [6.45, 7) is 0. The lowest BCUT2D eigenvalue weighted by Gasteiger charge is -2.10. The van der Waals surface area contributed by atoms with Gasteiger partial charge in [-0.05, 0) is 25.0 Å². The molecule has 1 aromatic carbocycles. The molecule has 0 spiro atoms. The number of aromatic hydroxyl groups is 1. The molecule has 1 aliphatic carbocycles. The molecule has 3 N–H and O–H groups in total. The van der Waals surface area contributed by atoms with E-state index >= 15 is 0 Å². The first-order chi connectivity index (χ1) is 6.71. The van der Waals surface area contributed by atoms with Crippen molar-refractivity contribution < 1.29 is 10.2 Å². The Morgan fingerprint density at radius 3 is 2.71 bits per heavy atom. The van der Waals surface area contributed by atoms with Crippen LogP contribution in [0, 0.1) is 0 Å². The maximum atomic E-state index is 9.93. The molecule has 72 valence electrons. The highest BCUT2D eigenvalue weighted by Crippen LogP contribution is 2.49. The molecule has 3 heteroatoms. The lowest BCUT2D eigenvalue weighted by atomic mass is 10.0. The number of hydrogen-bond acceptors (Lipinski definition) is 2. The summed E-state index contributed by atoms with van der Waals surface area (Å²) in [6.07, 6.45) is 3.28. The molecule has 14 heavy (non-hydrogen) atoms. The van der Waals surface area contributed by atoms with E-state index in [0.29, 0.717) is 5.56 Å². The van der Waals surface area contributed by atoms with Gasteiger partial charge in [0.1, 0.15) is 5.75 Å². The third kappa shape index (κ3) is 0.902. The zero-order valence-electron chi connectivity index (χ0n) is 7.62. The zero-order chi connectivity index (χ0) is 9.76. The van der Waals surface area contributed by atoms with Crippen LogP contribution in [0.5, 0.6) is 5.75 Å². The number of fused-ring (bicyclic) bond motifs is 1. The number of H-pyrrole nitrogens is 1. The van der Waals surface area contributed by atoms with Crippen LogP contribution in [-0.4, -0.2) is 15.2 Å². The van der Waals surface area contributed by atoms with E-state index in [1.165, 1.54) is 0 Å². The number of aromatic nitrogens is 1. The van der Waals surface area contributed by atoms with Crippen LogP contribution in [-0.2, 0) is 5.60 Å². The Labute approximate surface area is 81.0 Å². The topological polar surface area (TPSA) is 56.2 Å². The molecule has 1 saturated carbocycles. The summed E-state index contributed by atoms with van der Waals surface area (Å²) >= 11 is 0. The van der Waals surface area contributed by atoms with Crippen molar-refractivity contribution in [1.82, 2.24) is 4.98 Å². The third-order valence-corrected chi connectivity index (χ3v) is 2.93. The van der Waals surface area contributed by atoms with Gasteiger partial charge in [0.05, 0.1) is 5.60 Å². The zero-order valence-corrected chi connectivity index (χ0v) is 7.62. The second kappa shape index (κ2) is 2.30. The van der Waals surface area contributed by atoms with Gasteiger partial charge in [0, 0.05) is 22.7 Å². The molecule has 0 bridgehead atoms. The molecule has 0 atom stereocenters. The lowest BCUT2D eigenvalue weighted by molar-refractivity contribution is 0.148. The Kier molecular flexibility index (Phi) is 1.30. The fourth-order valence-corrected chi connectivity index (χ4v) is 1.88. The van der Waals surface area contributed by atoms with E-state index in [9.17, 15) is 10.2 Å². The summed E-state index contributed by atoms with van der Waals surface area (Å²) in [4.78, 5) is 3.02. The first kappa shape index (κ1) is 7.88. The van der Waals surface area contributed by atoms with Gasteiger partial charge >= 0.3 is 0 Å². The molecule has 1 aromatic heterocycles. The molecule has 0 amide bonds. The van der Waals surface area contributed by atoms with E-state index in [1.807, 2.05) is 12.1 Å². The predicted octanol–water partition coefficient (Wildman–Crippen LogP) is 1.85. The Morgan fingerprint density at radius 2 is 2.00 bits per heavy atom. The standard InChI is InChI=1S/C11H11NO2/c13-10-7-3-6-12-9(7)2-1-8(10)11(14)4-5-11/h1-3,6,12-14H,4-5H2. The van der Waals surface area contributed by atoms with E-state index in [1.54, 1.807) is 12.3 Å². The van der Waals surface area contributed by atoms with Crippen molar-refractivity contribution in [1.29, 1.82) is 0 Å². The number of aliphatic hydroxyl groups is 1. The van der Waals surface area contributed by atoms with Crippen LogP contribution >= 0.6 is 0 Å². The third-order valence-electron chi connectivity index (χ3n) is 2.93. The Morgan fingerprint density at radius 1 is 1.21 bits per heavy atom. The molecule has 1 aliphatic rings. The SMILES string of the molecule is Oc1c(C2(O)CC2)ccc2[nH]ccc12. The van der Waals surface area contributed by atoms with Crippen molar-refractivity contribution in [2.24, 2.45) is 0 Å². The van der Waals surface area contributed by atoms with Crippen LogP contribution in [0.2, 0.25) is 0 Å². The molecule has 1 fully saturated rings. The predicted molar refractivity (Wildman–Crippen MR) is 53.1 cm³/mol. The highest BCUT2D eigenvalue weighted by atomic mass is 16.3. The molecule has 0 aliphatic heterocycles.